The van der Waals surface area contributed by atoms with Crippen LogP contribution in [0.1, 0.15) is 29.9 Å². The van der Waals surface area contributed by atoms with Crippen LogP contribution in [0.3, 0.4) is 0 Å². The first-order chi connectivity index (χ1) is 16.4. The number of nitrogens with one attached hydrogen (secondary N) is 4. The fourth-order valence-corrected chi connectivity index (χ4v) is 4.47. The van der Waals surface area contributed by atoms with Crippen LogP contribution in [0.2, 0.25) is 0 Å². The first kappa shape index (κ1) is 22.2. The molecule has 8 nitrogen and oxygen atoms in total. The van der Waals surface area contributed by atoms with E-state index < -0.39 is 5.82 Å². The topological polar surface area (TPSA) is 100 Å². The van der Waals surface area contributed by atoms with Crippen LogP contribution in [0.25, 0.3) is 11.3 Å². The Hall–Kier alpha value is -3.59. The average molecular weight is 466 g/mol. The number of para-hydroxylation sites is 1. The van der Waals surface area contributed by atoms with Crippen LogP contribution in [0.5, 0.6) is 11.5 Å². The summed E-state index contributed by atoms with van der Waals surface area (Å²) in [5.41, 5.74) is 3.85. The molecule has 2 aromatic heterocycles. The Morgan fingerprint density at radius 1 is 1.29 bits per heavy atom. The second-order valence-electron chi connectivity index (χ2n) is 9.29. The van der Waals surface area contributed by atoms with Gasteiger partial charge < -0.3 is 30.4 Å². The molecule has 3 aromatic rings. The molecule has 9 heteroatoms. The number of nitrogens with zero attached hydrogens (tertiary/aromatic N) is 1. The van der Waals surface area contributed by atoms with Crippen LogP contribution in [0.15, 0.2) is 36.7 Å². The van der Waals surface area contributed by atoms with Crippen molar-refractivity contribution in [3.8, 4) is 22.8 Å². The van der Waals surface area contributed by atoms with Gasteiger partial charge in [-0.25, -0.2) is 4.39 Å². The Morgan fingerprint density at radius 2 is 2.15 bits per heavy atom. The van der Waals surface area contributed by atoms with Crippen molar-refractivity contribution in [2.24, 2.45) is 5.41 Å². The van der Waals surface area contributed by atoms with E-state index in [4.69, 9.17) is 9.47 Å². The minimum absolute atomic E-state index is 0.0732. The molecule has 4 heterocycles. The molecule has 5 rings (SSSR count). The second-order valence-corrected chi connectivity index (χ2v) is 9.29. The minimum atomic E-state index is -0.494. The minimum Gasteiger partial charge on any atom is -0.492 e. The number of carbonyl (C=O) groups is 1. The second kappa shape index (κ2) is 8.64. The predicted octanol–water partition coefficient (Wildman–Crippen LogP) is 3.63. The normalized spacial score (nSPS) is 18.5. The number of carbonyl (C=O) groups excluding carboxylic acids is 1. The highest BCUT2D eigenvalue weighted by Crippen LogP contribution is 2.42. The molecule has 178 valence electrons. The molecule has 0 bridgehead atoms. The number of H-pyrrole nitrogens is 1. The van der Waals surface area contributed by atoms with Crippen LogP contribution < -0.4 is 25.4 Å². The van der Waals surface area contributed by atoms with Gasteiger partial charge in [0.15, 0.2) is 11.6 Å². The quantitative estimate of drug-likeness (QED) is 0.425. The number of halogens is 1. The van der Waals surface area contributed by atoms with Crippen molar-refractivity contribution >= 4 is 17.3 Å². The maximum atomic E-state index is 14.4. The third kappa shape index (κ3) is 3.86. The fourth-order valence-electron chi connectivity index (χ4n) is 4.47. The summed E-state index contributed by atoms with van der Waals surface area (Å²) < 4.78 is 25.9. The number of benzene rings is 1. The highest BCUT2D eigenvalue weighted by Gasteiger charge is 2.38. The zero-order valence-corrected chi connectivity index (χ0v) is 19.4. The summed E-state index contributed by atoms with van der Waals surface area (Å²) in [4.78, 5) is 20.5. The molecule has 1 atom stereocenters. The van der Waals surface area contributed by atoms with Gasteiger partial charge in [-0.05, 0) is 23.6 Å². The first-order valence-corrected chi connectivity index (χ1v) is 11.3. The third-order valence-electron chi connectivity index (χ3n) is 6.60. The fraction of sp³-hybridized carbons (Fsp3) is 0.360. The van der Waals surface area contributed by atoms with E-state index in [1.807, 2.05) is 6.07 Å². The molecule has 1 fully saturated rings. The smallest absolute Gasteiger partial charge is 0.255 e. The highest BCUT2D eigenvalue weighted by atomic mass is 19.1. The van der Waals surface area contributed by atoms with Gasteiger partial charge in [0.25, 0.3) is 5.91 Å². The van der Waals surface area contributed by atoms with Gasteiger partial charge in [-0.1, -0.05) is 19.9 Å². The molecule has 0 spiro atoms. The Balaban J connectivity index is 1.57. The maximum Gasteiger partial charge on any atom is 0.255 e. The van der Waals surface area contributed by atoms with E-state index in [1.54, 1.807) is 24.5 Å². The van der Waals surface area contributed by atoms with Gasteiger partial charge in [-0.15, -0.1) is 0 Å². The summed E-state index contributed by atoms with van der Waals surface area (Å²) in [6.45, 7) is 6.38. The Bertz CT molecular complexity index is 1240. The molecular formula is C25H28FN5O3. The zero-order valence-electron chi connectivity index (χ0n) is 19.4. The molecule has 1 saturated heterocycles. The molecule has 0 aliphatic carbocycles. The van der Waals surface area contributed by atoms with Crippen LogP contribution in [-0.4, -0.2) is 48.7 Å². The van der Waals surface area contributed by atoms with E-state index in [0.717, 1.165) is 17.8 Å². The van der Waals surface area contributed by atoms with E-state index in [-0.39, 0.29) is 23.1 Å². The van der Waals surface area contributed by atoms with Gasteiger partial charge in [0.1, 0.15) is 12.4 Å². The van der Waals surface area contributed by atoms with Crippen molar-refractivity contribution in [3.05, 3.63) is 53.7 Å². The van der Waals surface area contributed by atoms with Gasteiger partial charge in [0.2, 0.25) is 0 Å². The summed E-state index contributed by atoms with van der Waals surface area (Å²) in [5.74, 6) is -0.0191. The lowest BCUT2D eigenvalue weighted by Gasteiger charge is -2.45. The van der Waals surface area contributed by atoms with E-state index in [2.05, 4.69) is 39.8 Å². The molecule has 34 heavy (non-hydrogen) atoms. The number of fused-ring (bicyclic) bond motifs is 1. The van der Waals surface area contributed by atoms with Gasteiger partial charge in [-0.2, -0.15) is 0 Å². The molecule has 1 aromatic carbocycles. The molecular weight excluding hydrogens is 437 g/mol. The van der Waals surface area contributed by atoms with Gasteiger partial charge in [0.05, 0.1) is 35.9 Å². The van der Waals surface area contributed by atoms with Crippen LogP contribution >= 0.6 is 0 Å². The monoisotopic (exact) mass is 465 g/mol. The summed E-state index contributed by atoms with van der Waals surface area (Å²) in [5, 5.41) is 9.55. The summed E-state index contributed by atoms with van der Waals surface area (Å²) in [7, 11) is 1.41. The van der Waals surface area contributed by atoms with E-state index in [0.29, 0.717) is 48.0 Å². The summed E-state index contributed by atoms with van der Waals surface area (Å²) in [6, 6.07) is 6.71. The first-order valence-electron chi connectivity index (χ1n) is 11.3. The summed E-state index contributed by atoms with van der Waals surface area (Å²) >= 11 is 0. The third-order valence-corrected chi connectivity index (χ3v) is 6.60. The van der Waals surface area contributed by atoms with Crippen LogP contribution in [0, 0.1) is 11.2 Å². The van der Waals surface area contributed by atoms with Crippen LogP contribution in [-0.2, 0) is 6.42 Å². The lowest BCUT2D eigenvalue weighted by Crippen LogP contribution is -2.61. The number of rotatable bonds is 7. The SMILES string of the molecule is COc1c(F)cccc1Nc1c(-c2ccncc2OCC2NCC2(C)C)[nH]c2c1C(=O)NCC2. The molecule has 4 N–H and O–H groups in total. The molecule has 2 aliphatic rings. The number of hydrogen-bond donors (Lipinski definition) is 4. The number of anilines is 2. The zero-order chi connectivity index (χ0) is 23.9. The van der Waals surface area contributed by atoms with Crippen molar-refractivity contribution in [2.45, 2.75) is 26.3 Å². The largest absolute Gasteiger partial charge is 0.492 e. The number of aromatic nitrogens is 2. The number of pyridine rings is 1. The Kier molecular flexibility index (Phi) is 5.65. The number of aromatic amines is 1. The maximum absolute atomic E-state index is 14.4. The van der Waals surface area contributed by atoms with Gasteiger partial charge >= 0.3 is 0 Å². The van der Waals surface area contributed by atoms with Gasteiger partial charge in [-0.3, -0.25) is 9.78 Å². The molecule has 0 radical (unpaired) electrons. The summed E-state index contributed by atoms with van der Waals surface area (Å²) in [6.07, 6.45) is 4.01. The van der Waals surface area contributed by atoms with E-state index in [9.17, 15) is 9.18 Å². The predicted molar refractivity (Wildman–Crippen MR) is 127 cm³/mol. The Labute approximate surface area is 197 Å². The number of ether oxygens (including phenoxy) is 2. The van der Waals surface area contributed by atoms with Crippen LogP contribution in [0.4, 0.5) is 15.8 Å². The number of methoxy groups -OCH3 is 1. The van der Waals surface area contributed by atoms with Gasteiger partial charge in [0, 0.05) is 43.0 Å². The highest BCUT2D eigenvalue weighted by molar-refractivity contribution is 6.06. The number of hydrogen-bond acceptors (Lipinski definition) is 6. The lowest BCUT2D eigenvalue weighted by atomic mass is 9.78. The number of amides is 1. The van der Waals surface area contributed by atoms with Crippen molar-refractivity contribution in [3.63, 3.8) is 0 Å². The van der Waals surface area contributed by atoms with Crippen molar-refractivity contribution in [1.29, 1.82) is 0 Å². The molecule has 1 unspecified atom stereocenters. The van der Waals surface area contributed by atoms with Crippen molar-refractivity contribution < 1.29 is 18.7 Å². The molecule has 2 aliphatic heterocycles. The lowest BCUT2D eigenvalue weighted by molar-refractivity contribution is 0.0786. The van der Waals surface area contributed by atoms with Crippen molar-refractivity contribution in [1.82, 2.24) is 20.6 Å². The van der Waals surface area contributed by atoms with E-state index >= 15 is 0 Å². The average Bonchev–Trinajstić information content (AvgIpc) is 3.18. The standard InChI is InChI=1S/C25H28FN5O3/c1-25(2)13-29-19(25)12-34-18-11-27-9-7-14(18)21-22(20-16(30-21)8-10-28-24(20)32)31-17-6-4-5-15(26)23(17)33-3/h4-7,9,11,19,29-31H,8,10,12-13H2,1-3H3,(H,28,32). The molecule has 0 saturated carbocycles. The van der Waals surface area contributed by atoms with E-state index in [1.165, 1.54) is 13.2 Å². The van der Waals surface area contributed by atoms with Crippen molar-refractivity contribution in [2.75, 3.05) is 32.1 Å². The Morgan fingerprint density at radius 3 is 2.88 bits per heavy atom. The molecule has 1 amide bonds.